The molecule has 22 heavy (non-hydrogen) atoms. The van der Waals surface area contributed by atoms with Crippen LogP contribution < -0.4 is 0 Å². The Morgan fingerprint density at radius 3 is 1.18 bits per heavy atom. The molecule has 2 N–H and O–H groups in total. The molecular formula is C18H22O4. The molecule has 4 heteroatoms. The Hall–Kier alpha value is -2.36. The van der Waals surface area contributed by atoms with Crippen LogP contribution in [0.2, 0.25) is 0 Å². The number of benzene rings is 1. The van der Waals surface area contributed by atoms with Crippen LogP contribution in [0.15, 0.2) is 46.9 Å². The van der Waals surface area contributed by atoms with Gasteiger partial charge in [0.2, 0.25) is 0 Å². The van der Waals surface area contributed by atoms with Crippen molar-refractivity contribution in [3.05, 3.63) is 58.1 Å². The average molecular weight is 302 g/mol. The molecule has 1 aromatic carbocycles. The number of allylic oxidation sites excluding steroid dienone is 4. The van der Waals surface area contributed by atoms with Crippen LogP contribution in [0.5, 0.6) is 0 Å². The molecule has 0 aliphatic heterocycles. The summed E-state index contributed by atoms with van der Waals surface area (Å²) in [5.41, 5.74) is 2.58. The molecule has 0 spiro atoms. The van der Waals surface area contributed by atoms with E-state index < -0.39 is 0 Å². The van der Waals surface area contributed by atoms with Crippen LogP contribution in [0.25, 0.3) is 0 Å². The summed E-state index contributed by atoms with van der Waals surface area (Å²) in [5.74, 6) is -0.230. The summed E-state index contributed by atoms with van der Waals surface area (Å²) in [4.78, 5) is 22.9. The van der Waals surface area contributed by atoms with E-state index in [0.717, 1.165) is 11.1 Å². The number of aliphatic hydroxyl groups is 2. The third-order valence-electron chi connectivity index (χ3n) is 3.51. The minimum absolute atomic E-state index is 0.0364. The normalized spacial score (nSPS) is 13.3. The lowest BCUT2D eigenvalue weighted by Gasteiger charge is -2.08. The maximum Gasteiger partial charge on any atom is 0.159 e. The number of hydrogen-bond acceptors (Lipinski definition) is 4. The maximum absolute atomic E-state index is 11.5. The molecule has 0 fully saturated rings. The lowest BCUT2D eigenvalue weighted by atomic mass is 9.97. The number of carbonyl (C=O) groups excluding carboxylic acids is 2. The first-order valence-corrected chi connectivity index (χ1v) is 7.09. The molecule has 0 aliphatic rings. The number of aliphatic hydroxyl groups excluding tert-OH is 2. The van der Waals surface area contributed by atoms with Crippen LogP contribution in [0.4, 0.5) is 0 Å². The fourth-order valence-corrected chi connectivity index (χ4v) is 2.20. The Labute approximate surface area is 130 Å². The lowest BCUT2D eigenvalue weighted by Crippen LogP contribution is -2.05. The molecule has 0 saturated carbocycles. The van der Waals surface area contributed by atoms with E-state index >= 15 is 0 Å². The highest BCUT2D eigenvalue weighted by Gasteiger charge is 2.11. The van der Waals surface area contributed by atoms with Gasteiger partial charge in [-0.15, -0.1) is 0 Å². The van der Waals surface area contributed by atoms with Crippen molar-refractivity contribution in [1.29, 1.82) is 0 Å². The van der Waals surface area contributed by atoms with E-state index in [2.05, 4.69) is 0 Å². The Kier molecular flexibility index (Phi) is 6.11. The smallest absolute Gasteiger partial charge is 0.159 e. The molecule has 0 aromatic heterocycles. The van der Waals surface area contributed by atoms with Crippen molar-refractivity contribution in [3.63, 3.8) is 0 Å². The van der Waals surface area contributed by atoms with Gasteiger partial charge in [0.25, 0.3) is 0 Å². The summed E-state index contributed by atoms with van der Waals surface area (Å²) in [7, 11) is 0. The Balaban J connectivity index is 2.93. The zero-order valence-corrected chi connectivity index (χ0v) is 13.4. The second-order valence-corrected chi connectivity index (χ2v) is 5.41. The van der Waals surface area contributed by atoms with Gasteiger partial charge in [0.05, 0.1) is 11.5 Å². The predicted molar refractivity (Wildman–Crippen MR) is 85.9 cm³/mol. The molecule has 0 atom stereocenters. The van der Waals surface area contributed by atoms with E-state index in [9.17, 15) is 19.8 Å². The molecule has 0 radical (unpaired) electrons. The second-order valence-electron chi connectivity index (χ2n) is 5.41. The van der Waals surface area contributed by atoms with Gasteiger partial charge in [-0.2, -0.15) is 0 Å². The molecule has 4 nitrogen and oxygen atoms in total. The Morgan fingerprint density at radius 1 is 0.727 bits per heavy atom. The van der Waals surface area contributed by atoms with Crippen molar-refractivity contribution in [2.45, 2.75) is 40.5 Å². The fourth-order valence-electron chi connectivity index (χ4n) is 2.20. The summed E-state index contributed by atoms with van der Waals surface area (Å²) >= 11 is 0. The highest BCUT2D eigenvalue weighted by atomic mass is 16.3. The third-order valence-corrected chi connectivity index (χ3v) is 3.51. The van der Waals surface area contributed by atoms with Crippen molar-refractivity contribution in [1.82, 2.24) is 0 Å². The van der Waals surface area contributed by atoms with Crippen LogP contribution in [0.3, 0.4) is 0 Å². The number of carbonyl (C=O) groups is 2. The first-order valence-electron chi connectivity index (χ1n) is 7.09. The monoisotopic (exact) mass is 302 g/mol. The van der Waals surface area contributed by atoms with Crippen molar-refractivity contribution < 1.29 is 19.8 Å². The fraction of sp³-hybridized carbons (Fsp3) is 0.333. The van der Waals surface area contributed by atoms with Gasteiger partial charge in [0.15, 0.2) is 11.6 Å². The van der Waals surface area contributed by atoms with E-state index in [-0.39, 0.29) is 23.1 Å². The van der Waals surface area contributed by atoms with Gasteiger partial charge in [-0.1, -0.05) is 24.3 Å². The van der Waals surface area contributed by atoms with E-state index in [1.165, 1.54) is 27.7 Å². The minimum atomic E-state index is -0.151. The summed E-state index contributed by atoms with van der Waals surface area (Å²) in [5, 5.41) is 19.1. The topological polar surface area (TPSA) is 74.6 Å². The summed E-state index contributed by atoms with van der Waals surface area (Å²) in [6.45, 7) is 5.85. The van der Waals surface area contributed by atoms with E-state index in [1.54, 1.807) is 0 Å². The van der Waals surface area contributed by atoms with Crippen LogP contribution in [-0.4, -0.2) is 21.8 Å². The molecule has 0 saturated heterocycles. The third kappa shape index (κ3) is 4.88. The quantitative estimate of drug-likeness (QED) is 0.622. The first-order chi connectivity index (χ1) is 10.2. The predicted octanol–water partition coefficient (Wildman–Crippen LogP) is 3.61. The van der Waals surface area contributed by atoms with Crippen LogP contribution in [0.1, 0.15) is 38.8 Å². The van der Waals surface area contributed by atoms with Gasteiger partial charge >= 0.3 is 0 Å². The van der Waals surface area contributed by atoms with Gasteiger partial charge < -0.3 is 10.2 Å². The van der Waals surface area contributed by atoms with Crippen LogP contribution in [0, 0.1) is 0 Å². The lowest BCUT2D eigenvalue weighted by molar-refractivity contribution is -0.114. The first kappa shape index (κ1) is 17.7. The highest BCUT2D eigenvalue weighted by Crippen LogP contribution is 2.16. The molecule has 1 aromatic rings. The van der Waals surface area contributed by atoms with Crippen LogP contribution in [-0.2, 0) is 22.4 Å². The molecule has 0 heterocycles. The van der Waals surface area contributed by atoms with Crippen molar-refractivity contribution >= 4 is 11.6 Å². The van der Waals surface area contributed by atoms with Gasteiger partial charge in [0, 0.05) is 24.0 Å². The second kappa shape index (κ2) is 7.59. The minimum Gasteiger partial charge on any atom is -0.512 e. The van der Waals surface area contributed by atoms with Crippen LogP contribution >= 0.6 is 0 Å². The number of ketones is 2. The number of hydrogen-bond donors (Lipinski definition) is 2. The standard InChI is InChI=1S/C18H22O4/c1-11(19)17(12(2)20)9-15-5-7-16(8-6-15)10-18(13(3)21)14(4)22/h5-8,19,21H,9-10H2,1-4H3/b17-11-,18-13-. The molecular weight excluding hydrogens is 280 g/mol. The van der Waals surface area contributed by atoms with Crippen molar-refractivity contribution in [2.24, 2.45) is 0 Å². The SMILES string of the molecule is CC(=O)/C(Cc1ccc(C/C(C(C)=O)=C(\C)O)cc1)=C(/C)O. The molecule has 1 rings (SSSR count). The van der Waals surface area contributed by atoms with Gasteiger partial charge in [-0.25, -0.2) is 0 Å². The van der Waals surface area contributed by atoms with Crippen molar-refractivity contribution in [3.8, 4) is 0 Å². The molecule has 0 bridgehead atoms. The Morgan fingerprint density at radius 2 is 1.00 bits per heavy atom. The molecule has 0 amide bonds. The summed E-state index contributed by atoms with van der Waals surface area (Å²) in [6, 6.07) is 7.41. The van der Waals surface area contributed by atoms with Gasteiger partial charge in [-0.05, 0) is 38.8 Å². The Bertz CT molecular complexity index is 569. The van der Waals surface area contributed by atoms with Gasteiger partial charge in [0.1, 0.15) is 0 Å². The average Bonchev–Trinajstić information content (AvgIpc) is 2.42. The van der Waals surface area contributed by atoms with E-state index in [1.807, 2.05) is 24.3 Å². The number of Topliss-reactive ketones (excluding diaryl/α,β-unsaturated/α-hetero) is 2. The molecule has 118 valence electrons. The zero-order chi connectivity index (χ0) is 16.9. The largest absolute Gasteiger partial charge is 0.512 e. The zero-order valence-electron chi connectivity index (χ0n) is 13.4. The van der Waals surface area contributed by atoms with Gasteiger partial charge in [-0.3, -0.25) is 9.59 Å². The summed E-state index contributed by atoms with van der Waals surface area (Å²) < 4.78 is 0. The maximum atomic E-state index is 11.5. The van der Waals surface area contributed by atoms with E-state index in [0.29, 0.717) is 24.0 Å². The van der Waals surface area contributed by atoms with Crippen molar-refractivity contribution in [2.75, 3.05) is 0 Å². The van der Waals surface area contributed by atoms with E-state index in [4.69, 9.17) is 0 Å². The summed E-state index contributed by atoms with van der Waals surface area (Å²) in [6.07, 6.45) is 0.735. The molecule has 0 unspecified atom stereocenters. The number of rotatable bonds is 6. The molecule has 0 aliphatic carbocycles. The highest BCUT2D eigenvalue weighted by molar-refractivity contribution is 5.94.